The smallest absolute Gasteiger partial charge is 0.225 e. The molecule has 2 fully saturated rings. The largest absolute Gasteiger partial charge is 0.356 e. The van der Waals surface area contributed by atoms with E-state index < -0.39 is 0 Å². The van der Waals surface area contributed by atoms with E-state index in [4.69, 9.17) is 0 Å². The highest BCUT2D eigenvalue weighted by Crippen LogP contribution is 2.31. The van der Waals surface area contributed by atoms with Gasteiger partial charge >= 0.3 is 0 Å². The van der Waals surface area contributed by atoms with E-state index in [1.165, 1.54) is 37.7 Å². The second kappa shape index (κ2) is 9.57. The zero-order valence-corrected chi connectivity index (χ0v) is 16.5. The quantitative estimate of drug-likeness (QED) is 0.752. The van der Waals surface area contributed by atoms with Crippen LogP contribution in [0.3, 0.4) is 0 Å². The maximum atomic E-state index is 12.7. The third-order valence-electron chi connectivity index (χ3n) is 6.55. The lowest BCUT2D eigenvalue weighted by atomic mass is 9.80. The minimum atomic E-state index is 0.111. The van der Waals surface area contributed by atoms with Crippen molar-refractivity contribution in [1.29, 1.82) is 0 Å². The Morgan fingerprint density at radius 2 is 1.85 bits per heavy atom. The Balaban J connectivity index is 1.36. The van der Waals surface area contributed by atoms with Crippen molar-refractivity contribution in [2.75, 3.05) is 19.6 Å². The van der Waals surface area contributed by atoms with Crippen molar-refractivity contribution in [3.63, 3.8) is 0 Å². The highest BCUT2D eigenvalue weighted by atomic mass is 16.2. The lowest BCUT2D eigenvalue weighted by Crippen LogP contribution is -2.44. The summed E-state index contributed by atoms with van der Waals surface area (Å²) in [4.78, 5) is 27.3. The summed E-state index contributed by atoms with van der Waals surface area (Å²) in [7, 11) is 0. The normalized spacial score (nSPS) is 29.8. The Bertz CT molecular complexity index is 520. The lowest BCUT2D eigenvalue weighted by molar-refractivity contribution is -0.140. The van der Waals surface area contributed by atoms with Crippen molar-refractivity contribution in [1.82, 2.24) is 10.2 Å². The van der Waals surface area contributed by atoms with Gasteiger partial charge < -0.3 is 10.2 Å². The first kappa shape index (κ1) is 19.4. The number of amides is 2. The Morgan fingerprint density at radius 3 is 2.54 bits per heavy atom. The fourth-order valence-corrected chi connectivity index (χ4v) is 4.87. The molecule has 4 nitrogen and oxygen atoms in total. The predicted molar refractivity (Wildman–Crippen MR) is 105 cm³/mol. The number of carbonyl (C=O) groups excluding carboxylic acids is 2. The molecular weight excluding hydrogens is 324 g/mol. The molecule has 1 unspecified atom stereocenters. The molecule has 1 N–H and O–H groups in total. The summed E-state index contributed by atoms with van der Waals surface area (Å²) in [6.45, 7) is 4.87. The Hall–Kier alpha value is -1.32. The van der Waals surface area contributed by atoms with Gasteiger partial charge in [-0.3, -0.25) is 9.59 Å². The van der Waals surface area contributed by atoms with Gasteiger partial charge in [0, 0.05) is 31.5 Å². The molecular formula is C22H36N2O2. The highest BCUT2D eigenvalue weighted by molar-refractivity contribution is 5.81. The van der Waals surface area contributed by atoms with Crippen molar-refractivity contribution in [2.45, 2.75) is 77.6 Å². The van der Waals surface area contributed by atoms with E-state index in [0.717, 1.165) is 58.2 Å². The number of hydrogen-bond donors (Lipinski definition) is 1. The van der Waals surface area contributed by atoms with E-state index in [2.05, 4.69) is 23.2 Å². The Kier molecular flexibility index (Phi) is 7.15. The summed E-state index contributed by atoms with van der Waals surface area (Å²) in [5.74, 6) is 1.45. The zero-order chi connectivity index (χ0) is 18.4. The molecule has 0 radical (unpaired) electrons. The molecule has 1 saturated carbocycles. The second-order valence-corrected chi connectivity index (χ2v) is 8.73. The van der Waals surface area contributed by atoms with Crippen molar-refractivity contribution in [2.24, 2.45) is 17.8 Å². The number of nitrogens with zero attached hydrogens (tertiary/aromatic N) is 1. The van der Waals surface area contributed by atoms with E-state index in [-0.39, 0.29) is 17.7 Å². The van der Waals surface area contributed by atoms with Gasteiger partial charge in [0.25, 0.3) is 0 Å². The molecule has 4 heteroatoms. The maximum Gasteiger partial charge on any atom is 0.225 e. The van der Waals surface area contributed by atoms with Gasteiger partial charge in [0.05, 0.1) is 0 Å². The third-order valence-corrected chi connectivity index (χ3v) is 6.55. The minimum absolute atomic E-state index is 0.111. The van der Waals surface area contributed by atoms with Gasteiger partial charge in [0.15, 0.2) is 0 Å². The van der Waals surface area contributed by atoms with Gasteiger partial charge in [0.2, 0.25) is 11.8 Å². The van der Waals surface area contributed by atoms with Gasteiger partial charge in [-0.2, -0.15) is 0 Å². The van der Waals surface area contributed by atoms with Crippen molar-refractivity contribution in [3.05, 3.63) is 11.6 Å². The maximum absolute atomic E-state index is 12.7. The van der Waals surface area contributed by atoms with Crippen LogP contribution in [0.5, 0.6) is 0 Å². The summed E-state index contributed by atoms with van der Waals surface area (Å²) in [5.41, 5.74) is 1.52. The first-order chi connectivity index (χ1) is 12.6. The molecule has 1 aliphatic heterocycles. The molecule has 0 aromatic heterocycles. The highest BCUT2D eigenvalue weighted by Gasteiger charge is 2.33. The Morgan fingerprint density at radius 1 is 1.08 bits per heavy atom. The minimum Gasteiger partial charge on any atom is -0.356 e. The van der Waals surface area contributed by atoms with Crippen LogP contribution in [0.2, 0.25) is 0 Å². The average Bonchev–Trinajstić information content (AvgIpc) is 2.68. The van der Waals surface area contributed by atoms with E-state index >= 15 is 0 Å². The van der Waals surface area contributed by atoms with Crippen molar-refractivity contribution < 1.29 is 9.59 Å². The molecule has 1 saturated heterocycles. The van der Waals surface area contributed by atoms with E-state index in [0.29, 0.717) is 11.8 Å². The lowest BCUT2D eigenvalue weighted by Gasteiger charge is -2.35. The molecule has 0 spiro atoms. The zero-order valence-electron chi connectivity index (χ0n) is 16.5. The van der Waals surface area contributed by atoms with E-state index in [1.54, 1.807) is 0 Å². The van der Waals surface area contributed by atoms with Gasteiger partial charge in [-0.05, 0) is 76.5 Å². The first-order valence-electron chi connectivity index (χ1n) is 10.9. The molecule has 0 aromatic rings. The molecule has 1 atom stereocenters. The Labute approximate surface area is 158 Å². The van der Waals surface area contributed by atoms with Crippen LogP contribution in [0.25, 0.3) is 0 Å². The number of piperidine rings is 1. The number of rotatable bonds is 5. The molecule has 2 amide bonds. The molecule has 1 heterocycles. The standard InChI is InChI=1S/C22H36N2O2/c1-17-6-5-15-24(16-17)22(26)20-11-9-19(10-12-20)21(25)23-14-13-18-7-3-2-4-8-18/h7,17,19-20H,2-6,8-16H2,1H3,(H,23,25). The van der Waals surface area contributed by atoms with E-state index in [1.807, 2.05) is 0 Å². The van der Waals surface area contributed by atoms with Crippen LogP contribution < -0.4 is 5.32 Å². The van der Waals surface area contributed by atoms with Crippen LogP contribution in [-0.2, 0) is 9.59 Å². The predicted octanol–water partition coefficient (Wildman–Crippen LogP) is 4.06. The summed E-state index contributed by atoms with van der Waals surface area (Å²) in [6.07, 6.45) is 14.3. The van der Waals surface area contributed by atoms with Gasteiger partial charge in [-0.15, -0.1) is 0 Å². The van der Waals surface area contributed by atoms with Crippen molar-refractivity contribution >= 4 is 11.8 Å². The summed E-state index contributed by atoms with van der Waals surface area (Å²) >= 11 is 0. The number of allylic oxidation sites excluding steroid dienone is 1. The average molecular weight is 361 g/mol. The van der Waals surface area contributed by atoms with Crippen molar-refractivity contribution in [3.8, 4) is 0 Å². The SMILES string of the molecule is CC1CCCN(C(=O)C2CCC(C(=O)NCCC3=CCCCC3)CC2)C1. The molecule has 2 aliphatic carbocycles. The topological polar surface area (TPSA) is 49.4 Å². The van der Waals surface area contributed by atoms with Crippen LogP contribution in [-0.4, -0.2) is 36.3 Å². The molecule has 0 bridgehead atoms. The first-order valence-corrected chi connectivity index (χ1v) is 10.9. The number of likely N-dealkylation sites (tertiary alicyclic amines) is 1. The molecule has 3 aliphatic rings. The van der Waals surface area contributed by atoms with Crippen LogP contribution in [0.1, 0.15) is 77.6 Å². The van der Waals surface area contributed by atoms with Gasteiger partial charge in [-0.25, -0.2) is 0 Å². The van der Waals surface area contributed by atoms with Gasteiger partial charge in [-0.1, -0.05) is 18.6 Å². The monoisotopic (exact) mass is 360 g/mol. The summed E-state index contributed by atoms with van der Waals surface area (Å²) < 4.78 is 0. The number of carbonyl (C=O) groups is 2. The molecule has 146 valence electrons. The van der Waals surface area contributed by atoms with Crippen LogP contribution in [0.4, 0.5) is 0 Å². The fraction of sp³-hybridized carbons (Fsp3) is 0.818. The summed E-state index contributed by atoms with van der Waals surface area (Å²) in [5, 5.41) is 3.14. The number of nitrogens with one attached hydrogen (secondary N) is 1. The van der Waals surface area contributed by atoms with Crippen LogP contribution >= 0.6 is 0 Å². The molecule has 26 heavy (non-hydrogen) atoms. The molecule has 3 rings (SSSR count). The van der Waals surface area contributed by atoms with Gasteiger partial charge in [0.1, 0.15) is 0 Å². The number of hydrogen-bond acceptors (Lipinski definition) is 2. The summed E-state index contributed by atoms with van der Waals surface area (Å²) in [6, 6.07) is 0. The third kappa shape index (κ3) is 5.34. The molecule has 0 aromatic carbocycles. The van der Waals surface area contributed by atoms with Crippen LogP contribution in [0, 0.1) is 17.8 Å². The fourth-order valence-electron chi connectivity index (χ4n) is 4.87. The second-order valence-electron chi connectivity index (χ2n) is 8.73. The van der Waals surface area contributed by atoms with E-state index in [9.17, 15) is 9.59 Å². The van der Waals surface area contributed by atoms with Crippen LogP contribution in [0.15, 0.2) is 11.6 Å².